The Morgan fingerprint density at radius 1 is 1.04 bits per heavy atom. The molecular weight excluding hydrogens is 302 g/mol. The number of imidazole rings is 1. The summed E-state index contributed by atoms with van der Waals surface area (Å²) >= 11 is 0. The molecule has 0 amide bonds. The van der Waals surface area contributed by atoms with Gasteiger partial charge in [0, 0.05) is 25.2 Å². The first-order valence-electron chi connectivity index (χ1n) is 8.32. The largest absolute Gasteiger partial charge is 0.379 e. The number of morpholine rings is 1. The number of nitrogens with zero attached hydrogens (tertiary/aromatic N) is 1. The molecule has 0 bridgehead atoms. The van der Waals surface area contributed by atoms with Crippen molar-refractivity contribution in [3.63, 3.8) is 0 Å². The number of benzene rings is 2. The number of aromatic nitrogens is 2. The molecule has 5 heteroatoms. The molecule has 1 saturated heterocycles. The Morgan fingerprint density at radius 2 is 1.79 bits per heavy atom. The first-order valence-corrected chi connectivity index (χ1v) is 8.32. The second-order valence-electron chi connectivity index (χ2n) is 6.34. The van der Waals surface area contributed by atoms with Crippen LogP contribution in [0.1, 0.15) is 11.1 Å². The van der Waals surface area contributed by atoms with Crippen molar-refractivity contribution in [1.82, 2.24) is 14.9 Å². The number of H-pyrrole nitrogens is 2. The van der Waals surface area contributed by atoms with Gasteiger partial charge in [-0.1, -0.05) is 30.3 Å². The zero-order chi connectivity index (χ0) is 16.5. The predicted molar refractivity (Wildman–Crippen MR) is 95.2 cm³/mol. The maximum absolute atomic E-state index is 11.6. The molecule has 24 heavy (non-hydrogen) atoms. The number of aromatic amines is 2. The predicted octanol–water partition coefficient (Wildman–Crippen LogP) is 2.66. The van der Waals surface area contributed by atoms with Crippen LogP contribution < -0.4 is 5.69 Å². The Morgan fingerprint density at radius 3 is 2.54 bits per heavy atom. The second kappa shape index (κ2) is 6.26. The summed E-state index contributed by atoms with van der Waals surface area (Å²) in [5, 5.41) is 0. The summed E-state index contributed by atoms with van der Waals surface area (Å²) in [4.78, 5) is 19.8. The molecule has 1 fully saturated rings. The average molecular weight is 323 g/mol. The lowest BCUT2D eigenvalue weighted by Crippen LogP contribution is -2.35. The summed E-state index contributed by atoms with van der Waals surface area (Å²) < 4.78 is 5.40. The van der Waals surface area contributed by atoms with Crippen LogP contribution in [0.3, 0.4) is 0 Å². The zero-order valence-corrected chi connectivity index (χ0v) is 13.8. The van der Waals surface area contributed by atoms with Crippen LogP contribution in [0.15, 0.2) is 41.2 Å². The summed E-state index contributed by atoms with van der Waals surface area (Å²) in [6.07, 6.45) is 0. The van der Waals surface area contributed by atoms with Crippen LogP contribution in [-0.2, 0) is 11.3 Å². The molecule has 5 nitrogen and oxygen atoms in total. The Labute approximate surface area is 140 Å². The molecule has 1 aliphatic rings. The van der Waals surface area contributed by atoms with E-state index in [4.69, 9.17) is 4.74 Å². The lowest BCUT2D eigenvalue weighted by molar-refractivity contribution is 0.0342. The minimum absolute atomic E-state index is 0.166. The van der Waals surface area contributed by atoms with Gasteiger partial charge in [0.25, 0.3) is 0 Å². The van der Waals surface area contributed by atoms with Crippen LogP contribution in [0.4, 0.5) is 0 Å². The zero-order valence-electron chi connectivity index (χ0n) is 13.8. The number of hydrogen-bond donors (Lipinski definition) is 2. The molecule has 4 rings (SSSR count). The van der Waals surface area contributed by atoms with Crippen molar-refractivity contribution in [1.29, 1.82) is 0 Å². The molecule has 0 spiro atoms. The molecule has 0 aliphatic carbocycles. The molecule has 0 unspecified atom stereocenters. The maximum Gasteiger partial charge on any atom is 0.323 e. The molecule has 1 aliphatic heterocycles. The summed E-state index contributed by atoms with van der Waals surface area (Å²) in [5.74, 6) is 0. The van der Waals surface area contributed by atoms with Crippen LogP contribution in [0.2, 0.25) is 0 Å². The molecule has 0 radical (unpaired) electrons. The van der Waals surface area contributed by atoms with E-state index in [0.717, 1.165) is 60.6 Å². The van der Waals surface area contributed by atoms with Gasteiger partial charge in [-0.15, -0.1) is 0 Å². The Bertz CT molecular complexity index is 903. The Hall–Kier alpha value is -2.37. The highest BCUT2D eigenvalue weighted by atomic mass is 16.5. The quantitative estimate of drug-likeness (QED) is 0.779. The molecule has 124 valence electrons. The molecule has 0 saturated carbocycles. The topological polar surface area (TPSA) is 61.1 Å². The molecule has 2 N–H and O–H groups in total. The normalized spacial score (nSPS) is 15.9. The Kier molecular flexibility index (Phi) is 3.96. The van der Waals surface area contributed by atoms with E-state index in [1.807, 2.05) is 12.1 Å². The minimum atomic E-state index is -0.166. The van der Waals surface area contributed by atoms with Crippen LogP contribution in [0.25, 0.3) is 22.2 Å². The third-order valence-electron chi connectivity index (χ3n) is 4.65. The fourth-order valence-electron chi connectivity index (χ4n) is 3.37. The lowest BCUT2D eigenvalue weighted by atomic mass is 9.98. The fraction of sp³-hybridized carbons (Fsp3) is 0.316. The van der Waals surface area contributed by atoms with Gasteiger partial charge in [-0.25, -0.2) is 4.79 Å². The van der Waals surface area contributed by atoms with Crippen LogP contribution in [0.5, 0.6) is 0 Å². The van der Waals surface area contributed by atoms with Crippen molar-refractivity contribution in [2.24, 2.45) is 0 Å². The first kappa shape index (κ1) is 15.2. The van der Waals surface area contributed by atoms with Gasteiger partial charge < -0.3 is 14.7 Å². The van der Waals surface area contributed by atoms with Crippen LogP contribution in [-0.4, -0.2) is 41.2 Å². The fourth-order valence-corrected chi connectivity index (χ4v) is 3.37. The van der Waals surface area contributed by atoms with Crippen molar-refractivity contribution in [3.05, 3.63) is 58.0 Å². The van der Waals surface area contributed by atoms with E-state index in [9.17, 15) is 4.79 Å². The smallest absolute Gasteiger partial charge is 0.323 e. The SMILES string of the molecule is Cc1ccc2[nH]c(=O)[nH]c2c1-c1ccc(CN2CCOCC2)cc1. The Balaban J connectivity index is 1.65. The van der Waals surface area contributed by atoms with E-state index in [1.54, 1.807) is 0 Å². The first-order chi connectivity index (χ1) is 11.7. The van der Waals surface area contributed by atoms with Gasteiger partial charge in [-0.2, -0.15) is 0 Å². The molecule has 0 atom stereocenters. The number of rotatable bonds is 3. The van der Waals surface area contributed by atoms with Gasteiger partial charge >= 0.3 is 5.69 Å². The third kappa shape index (κ3) is 2.88. The van der Waals surface area contributed by atoms with Crippen LogP contribution in [0, 0.1) is 6.92 Å². The van der Waals surface area contributed by atoms with Crippen LogP contribution >= 0.6 is 0 Å². The van der Waals surface area contributed by atoms with E-state index in [-0.39, 0.29) is 5.69 Å². The van der Waals surface area contributed by atoms with E-state index in [2.05, 4.69) is 46.1 Å². The summed E-state index contributed by atoms with van der Waals surface area (Å²) in [6, 6.07) is 12.6. The van der Waals surface area contributed by atoms with Gasteiger partial charge in [0.2, 0.25) is 0 Å². The van der Waals surface area contributed by atoms with Gasteiger partial charge in [0.05, 0.1) is 24.2 Å². The van der Waals surface area contributed by atoms with Crippen molar-refractivity contribution < 1.29 is 4.74 Å². The highest BCUT2D eigenvalue weighted by Gasteiger charge is 2.12. The molecule has 1 aromatic heterocycles. The number of hydrogen-bond acceptors (Lipinski definition) is 3. The monoisotopic (exact) mass is 323 g/mol. The number of ether oxygens (including phenoxy) is 1. The van der Waals surface area contributed by atoms with Gasteiger partial charge in [0.15, 0.2) is 0 Å². The molecule has 2 heterocycles. The third-order valence-corrected chi connectivity index (χ3v) is 4.65. The van der Waals surface area contributed by atoms with Crippen molar-refractivity contribution in [2.45, 2.75) is 13.5 Å². The van der Waals surface area contributed by atoms with Crippen molar-refractivity contribution in [3.8, 4) is 11.1 Å². The standard InChI is InChI=1S/C19H21N3O2/c1-13-2-7-16-18(21-19(23)20-16)17(13)15-5-3-14(4-6-15)12-22-8-10-24-11-9-22/h2-7H,8-12H2,1H3,(H2,20,21,23). The van der Waals surface area contributed by atoms with Gasteiger partial charge in [0.1, 0.15) is 0 Å². The average Bonchev–Trinajstić information content (AvgIpc) is 2.97. The highest BCUT2D eigenvalue weighted by Crippen LogP contribution is 2.29. The number of nitrogens with one attached hydrogen (secondary N) is 2. The molecule has 3 aromatic rings. The molecular formula is C19H21N3O2. The van der Waals surface area contributed by atoms with Crippen molar-refractivity contribution in [2.75, 3.05) is 26.3 Å². The van der Waals surface area contributed by atoms with E-state index < -0.39 is 0 Å². The highest BCUT2D eigenvalue weighted by molar-refractivity contribution is 5.93. The van der Waals surface area contributed by atoms with Gasteiger partial charge in [-0.3, -0.25) is 4.90 Å². The summed E-state index contributed by atoms with van der Waals surface area (Å²) in [6.45, 7) is 6.64. The van der Waals surface area contributed by atoms with E-state index in [0.29, 0.717) is 0 Å². The lowest BCUT2D eigenvalue weighted by Gasteiger charge is -2.26. The number of aryl methyl sites for hydroxylation is 1. The number of fused-ring (bicyclic) bond motifs is 1. The summed E-state index contributed by atoms with van der Waals surface area (Å²) in [5.41, 5.74) is 6.22. The summed E-state index contributed by atoms with van der Waals surface area (Å²) in [7, 11) is 0. The molecule has 2 aromatic carbocycles. The minimum Gasteiger partial charge on any atom is -0.379 e. The van der Waals surface area contributed by atoms with Crippen molar-refractivity contribution >= 4 is 11.0 Å². The maximum atomic E-state index is 11.6. The second-order valence-corrected chi connectivity index (χ2v) is 6.34. The van der Waals surface area contributed by atoms with E-state index in [1.165, 1.54) is 5.56 Å². The van der Waals surface area contributed by atoms with E-state index >= 15 is 0 Å². The van der Waals surface area contributed by atoms with Gasteiger partial charge in [-0.05, 0) is 29.7 Å².